The van der Waals surface area contributed by atoms with E-state index < -0.39 is 0 Å². The van der Waals surface area contributed by atoms with Crippen molar-refractivity contribution < 1.29 is 19.0 Å². The fourth-order valence-electron chi connectivity index (χ4n) is 8.01. The number of aromatic nitrogens is 2. The molecule has 58 heavy (non-hydrogen) atoms. The van der Waals surface area contributed by atoms with Crippen molar-refractivity contribution in [3.63, 3.8) is 0 Å². The third kappa shape index (κ3) is 10.3. The molecular formula is C47H64FN7O3. The zero-order valence-electron chi connectivity index (χ0n) is 36.0. The standard InChI is InChI=1S/C47H64FN7O3/c1-9-14-16-21-47(8,20-15-10-2)29-58-46-53-40-27-37(36-26-33(56)24-31-18-19-38(48)34(11-3)41(31)36)43(52-30(6)7)35(12-4)42(40)44(54-46)55-23-17-22-51-32(28-55)25-39(49)45(57)50-13-5/h12,18-19,24-27,30,56H,9-11,13-17,20-23,28-29,49H2,1-8H3,(H,50,57)/b35-12-,39-25-,52-43?. The molecule has 1 aliphatic heterocycles. The first-order valence-corrected chi connectivity index (χ1v) is 21.4. The number of anilines is 1. The summed E-state index contributed by atoms with van der Waals surface area (Å²) in [6.45, 7) is 19.1. The fourth-order valence-corrected chi connectivity index (χ4v) is 8.01. The Morgan fingerprint density at radius 1 is 1.12 bits per heavy atom. The molecule has 2 aromatic carbocycles. The molecule has 5 rings (SSSR count). The molecule has 4 N–H and O–H groups in total. The van der Waals surface area contributed by atoms with E-state index in [9.17, 15) is 9.90 Å². The summed E-state index contributed by atoms with van der Waals surface area (Å²) in [4.78, 5) is 35.2. The van der Waals surface area contributed by atoms with Gasteiger partial charge in [-0.15, -0.1) is 0 Å². The number of ether oxygens (including phenoxy) is 1. The van der Waals surface area contributed by atoms with Gasteiger partial charge in [0.15, 0.2) is 0 Å². The van der Waals surface area contributed by atoms with Crippen LogP contribution in [-0.4, -0.2) is 71.2 Å². The van der Waals surface area contributed by atoms with Crippen LogP contribution in [0.15, 0.2) is 52.1 Å². The Bertz CT molecular complexity index is 2120. The van der Waals surface area contributed by atoms with Crippen molar-refractivity contribution in [3.05, 3.63) is 70.3 Å². The number of hydrogen-bond acceptors (Lipinski definition) is 9. The number of phenolic OH excluding ortho intramolecular Hbond substituents is 1. The smallest absolute Gasteiger partial charge is 0.318 e. The lowest BCUT2D eigenvalue weighted by Gasteiger charge is -2.32. The predicted octanol–water partition coefficient (Wildman–Crippen LogP) is 9.63. The van der Waals surface area contributed by atoms with E-state index in [0.29, 0.717) is 73.3 Å². The van der Waals surface area contributed by atoms with Crippen LogP contribution >= 0.6 is 0 Å². The van der Waals surface area contributed by atoms with E-state index in [0.717, 1.165) is 72.4 Å². The van der Waals surface area contributed by atoms with Crippen molar-refractivity contribution in [2.24, 2.45) is 21.1 Å². The van der Waals surface area contributed by atoms with E-state index in [2.05, 4.69) is 31.0 Å². The molecule has 11 heteroatoms. The quantitative estimate of drug-likeness (QED) is 0.0914. The number of fused-ring (bicyclic) bond motifs is 2. The molecule has 1 unspecified atom stereocenters. The molecule has 2 heterocycles. The first-order valence-electron chi connectivity index (χ1n) is 21.4. The average Bonchev–Trinajstić information content (AvgIpc) is 3.44. The summed E-state index contributed by atoms with van der Waals surface area (Å²) >= 11 is 0. The van der Waals surface area contributed by atoms with Gasteiger partial charge >= 0.3 is 6.01 Å². The Hall–Kier alpha value is -5.06. The highest BCUT2D eigenvalue weighted by Gasteiger charge is 2.33. The monoisotopic (exact) mass is 794 g/mol. The Morgan fingerprint density at radius 3 is 2.57 bits per heavy atom. The van der Waals surface area contributed by atoms with Gasteiger partial charge in [0.2, 0.25) is 0 Å². The Balaban J connectivity index is 1.76. The van der Waals surface area contributed by atoms with Crippen molar-refractivity contribution in [3.8, 4) is 11.8 Å². The molecule has 0 fully saturated rings. The minimum Gasteiger partial charge on any atom is -0.508 e. The van der Waals surface area contributed by atoms with E-state index in [1.54, 1.807) is 24.3 Å². The number of halogens is 1. The molecule has 1 aromatic heterocycles. The number of nitrogens with two attached hydrogens (primary N) is 1. The lowest BCUT2D eigenvalue weighted by Crippen LogP contribution is -2.33. The van der Waals surface area contributed by atoms with Crippen LogP contribution in [-0.2, 0) is 11.2 Å². The van der Waals surface area contributed by atoms with Crippen LogP contribution in [0.3, 0.4) is 0 Å². The number of amides is 1. The van der Waals surface area contributed by atoms with E-state index in [1.165, 1.54) is 12.5 Å². The van der Waals surface area contributed by atoms with Gasteiger partial charge < -0.3 is 25.8 Å². The molecule has 1 atom stereocenters. The van der Waals surface area contributed by atoms with Crippen LogP contribution in [0.25, 0.3) is 28.0 Å². The van der Waals surface area contributed by atoms with Gasteiger partial charge in [-0.25, -0.2) is 4.39 Å². The SMILES string of the molecule is C/C=C1\C(=NC(C)C)C(c2cc(O)cc3ccc(F)c(CC)c23)=Cc2nc(OCC(C)(CCCC)CCCCC)nc(N3CCCN=C(/C=C(\N)C(=O)NCC)C3)c21. The second-order valence-corrected chi connectivity index (χ2v) is 16.2. The predicted molar refractivity (Wildman–Crippen MR) is 238 cm³/mol. The summed E-state index contributed by atoms with van der Waals surface area (Å²) in [6.07, 6.45) is 14.7. The highest BCUT2D eigenvalue weighted by atomic mass is 19.1. The second kappa shape index (κ2) is 20.1. The number of unbranched alkanes of at least 4 members (excludes halogenated alkanes) is 3. The maximum absolute atomic E-state index is 15.5. The van der Waals surface area contributed by atoms with Crippen molar-refractivity contribution >= 4 is 51.1 Å². The van der Waals surface area contributed by atoms with Crippen LogP contribution in [0.5, 0.6) is 11.8 Å². The topological polar surface area (TPSA) is 138 Å². The molecule has 312 valence electrons. The lowest BCUT2D eigenvalue weighted by atomic mass is 9.81. The van der Waals surface area contributed by atoms with Gasteiger partial charge in [-0.05, 0) is 106 Å². The zero-order valence-corrected chi connectivity index (χ0v) is 36.0. The van der Waals surface area contributed by atoms with E-state index in [1.807, 2.05) is 46.8 Å². The van der Waals surface area contributed by atoms with Crippen molar-refractivity contribution in [2.45, 2.75) is 119 Å². The van der Waals surface area contributed by atoms with Gasteiger partial charge in [-0.3, -0.25) is 14.8 Å². The number of aryl methyl sites for hydroxylation is 1. The van der Waals surface area contributed by atoms with Gasteiger partial charge in [0.05, 0.1) is 41.5 Å². The third-order valence-electron chi connectivity index (χ3n) is 11.0. The van der Waals surface area contributed by atoms with Crippen molar-refractivity contribution in [1.29, 1.82) is 0 Å². The molecule has 0 bridgehead atoms. The molecular weight excluding hydrogens is 730 g/mol. The fraction of sp³-hybridized carbons (Fsp3) is 0.511. The van der Waals surface area contributed by atoms with Crippen LogP contribution in [0, 0.1) is 11.2 Å². The lowest BCUT2D eigenvalue weighted by molar-refractivity contribution is -0.117. The van der Waals surface area contributed by atoms with Gasteiger partial charge in [-0.2, -0.15) is 9.97 Å². The molecule has 0 saturated heterocycles. The molecule has 0 spiro atoms. The second-order valence-electron chi connectivity index (χ2n) is 16.2. The van der Waals surface area contributed by atoms with E-state index in [4.69, 9.17) is 30.4 Å². The number of benzene rings is 2. The number of phenols is 1. The number of nitrogens with zero attached hydrogens (tertiary/aromatic N) is 5. The summed E-state index contributed by atoms with van der Waals surface area (Å²) in [5, 5.41) is 15.3. The number of rotatable bonds is 17. The van der Waals surface area contributed by atoms with E-state index >= 15 is 4.39 Å². The van der Waals surface area contributed by atoms with Gasteiger partial charge in [0.1, 0.15) is 17.4 Å². The number of aromatic hydroxyl groups is 1. The summed E-state index contributed by atoms with van der Waals surface area (Å²) in [6, 6.07) is 6.74. The van der Waals surface area contributed by atoms with E-state index in [-0.39, 0.29) is 40.6 Å². The van der Waals surface area contributed by atoms with Gasteiger partial charge in [0, 0.05) is 42.2 Å². The average molecular weight is 794 g/mol. The highest BCUT2D eigenvalue weighted by Crippen LogP contribution is 2.44. The summed E-state index contributed by atoms with van der Waals surface area (Å²) in [7, 11) is 0. The first kappa shape index (κ1) is 44.1. The molecule has 2 aliphatic rings. The number of hydrogen-bond donors (Lipinski definition) is 3. The molecule has 10 nitrogen and oxygen atoms in total. The van der Waals surface area contributed by atoms with Gasteiger partial charge in [-0.1, -0.05) is 71.9 Å². The normalized spacial score (nSPS) is 17.3. The Kier molecular flexibility index (Phi) is 15.2. The molecule has 0 saturated carbocycles. The van der Waals surface area contributed by atoms with Gasteiger partial charge in [0.25, 0.3) is 5.91 Å². The number of aliphatic imine (C=N–C) groups is 2. The van der Waals surface area contributed by atoms with Crippen LogP contribution in [0.2, 0.25) is 0 Å². The molecule has 1 amide bonds. The van der Waals surface area contributed by atoms with Crippen molar-refractivity contribution in [1.82, 2.24) is 15.3 Å². The molecule has 3 aromatic rings. The third-order valence-corrected chi connectivity index (χ3v) is 11.0. The highest BCUT2D eigenvalue weighted by molar-refractivity contribution is 6.50. The number of nitrogens with one attached hydrogen (secondary N) is 1. The molecule has 0 radical (unpaired) electrons. The van der Waals surface area contributed by atoms with Crippen molar-refractivity contribution in [2.75, 3.05) is 37.7 Å². The summed E-state index contributed by atoms with van der Waals surface area (Å²) in [5.74, 6) is 0.113. The minimum atomic E-state index is -0.338. The van der Waals surface area contributed by atoms with Crippen LogP contribution in [0.4, 0.5) is 10.2 Å². The zero-order chi connectivity index (χ0) is 42.0. The maximum Gasteiger partial charge on any atom is 0.318 e. The van der Waals surface area contributed by atoms with Crippen LogP contribution in [0.1, 0.15) is 129 Å². The maximum atomic E-state index is 15.5. The first-order chi connectivity index (χ1) is 27.9. The number of carbonyl (C=O) groups is 1. The Labute approximate surface area is 344 Å². The Morgan fingerprint density at radius 2 is 1.88 bits per heavy atom. The molecule has 1 aliphatic carbocycles. The summed E-state index contributed by atoms with van der Waals surface area (Å²) in [5.41, 5.74) is 11.9. The van der Waals surface area contributed by atoms with Crippen LogP contribution < -0.4 is 20.7 Å². The summed E-state index contributed by atoms with van der Waals surface area (Å²) < 4.78 is 22.2. The number of likely N-dealkylation sites (N-methyl/N-ethyl adjacent to an activating group) is 1. The minimum absolute atomic E-state index is 0.0535. The largest absolute Gasteiger partial charge is 0.508 e. The number of carbonyl (C=O) groups excluding carboxylic acids is 1. The number of allylic oxidation sites excluding steroid dienone is 3.